The van der Waals surface area contributed by atoms with Gasteiger partial charge in [-0.1, -0.05) is 13.8 Å². The number of fused-ring (bicyclic) bond motifs is 2. The summed E-state index contributed by atoms with van der Waals surface area (Å²) in [4.78, 5) is 12.3. The summed E-state index contributed by atoms with van der Waals surface area (Å²) >= 11 is 0. The molecule has 0 spiro atoms. The highest BCUT2D eigenvalue weighted by Gasteiger charge is 2.67. The van der Waals surface area contributed by atoms with E-state index in [1.165, 1.54) is 0 Å². The van der Waals surface area contributed by atoms with Crippen LogP contribution in [0.4, 0.5) is 0 Å². The summed E-state index contributed by atoms with van der Waals surface area (Å²) in [5.74, 6) is 0.474. The van der Waals surface area contributed by atoms with Crippen molar-refractivity contribution in [3.63, 3.8) is 0 Å². The lowest BCUT2D eigenvalue weighted by molar-refractivity contribution is -0.142. The predicted molar refractivity (Wildman–Crippen MR) is 61.6 cm³/mol. The number of rotatable bonds is 3. The molecule has 0 aliphatic heterocycles. The Labute approximate surface area is 96.6 Å². The second kappa shape index (κ2) is 3.70. The molecule has 0 heterocycles. The normalized spacial score (nSPS) is 40.0. The minimum absolute atomic E-state index is 0.00421. The van der Waals surface area contributed by atoms with Crippen LogP contribution in [0.2, 0.25) is 0 Å². The molecule has 16 heavy (non-hydrogen) atoms. The van der Waals surface area contributed by atoms with Gasteiger partial charge in [-0.15, -0.1) is 0 Å². The van der Waals surface area contributed by atoms with Crippen LogP contribution in [0.15, 0.2) is 0 Å². The van der Waals surface area contributed by atoms with Crippen molar-refractivity contribution >= 4 is 5.91 Å². The molecule has 2 fully saturated rings. The van der Waals surface area contributed by atoms with Gasteiger partial charge in [0, 0.05) is 13.1 Å². The van der Waals surface area contributed by atoms with E-state index >= 15 is 0 Å². The van der Waals surface area contributed by atoms with Gasteiger partial charge in [-0.2, -0.15) is 0 Å². The lowest BCUT2D eigenvalue weighted by Gasteiger charge is -2.38. The Bertz CT molecular complexity index is 303. The van der Waals surface area contributed by atoms with Gasteiger partial charge in [0.1, 0.15) is 0 Å². The van der Waals surface area contributed by atoms with Crippen molar-refractivity contribution < 1.29 is 9.90 Å². The van der Waals surface area contributed by atoms with Crippen molar-refractivity contribution in [2.75, 3.05) is 13.1 Å². The summed E-state index contributed by atoms with van der Waals surface area (Å²) in [6, 6.07) is 0. The minimum Gasteiger partial charge on any atom is -0.392 e. The quantitative estimate of drug-likeness (QED) is 0.645. The zero-order chi connectivity index (χ0) is 12.0. The molecular weight excluding hydrogens is 204 g/mol. The Kier molecular flexibility index (Phi) is 2.75. The maximum Gasteiger partial charge on any atom is 0.229 e. The highest BCUT2D eigenvalue weighted by molar-refractivity contribution is 5.85. The molecule has 0 saturated heterocycles. The SMILES string of the molecule is CC1(C)C2CCC1(C(=O)NCCN)C(O)C2. The fourth-order valence-electron chi connectivity index (χ4n) is 3.83. The third-order valence-corrected chi connectivity index (χ3v) is 4.97. The fourth-order valence-corrected chi connectivity index (χ4v) is 3.83. The topological polar surface area (TPSA) is 75.4 Å². The molecule has 2 bridgehead atoms. The van der Waals surface area contributed by atoms with Gasteiger partial charge in [-0.05, 0) is 30.6 Å². The van der Waals surface area contributed by atoms with Crippen LogP contribution in [0.1, 0.15) is 33.1 Å². The molecular formula is C12H22N2O2. The Morgan fingerprint density at radius 2 is 2.25 bits per heavy atom. The van der Waals surface area contributed by atoms with Crippen molar-refractivity contribution in [2.45, 2.75) is 39.2 Å². The minimum atomic E-state index is -0.577. The van der Waals surface area contributed by atoms with Crippen LogP contribution in [-0.4, -0.2) is 30.2 Å². The van der Waals surface area contributed by atoms with Gasteiger partial charge in [0.25, 0.3) is 0 Å². The first-order chi connectivity index (χ1) is 7.46. The van der Waals surface area contributed by atoms with E-state index in [4.69, 9.17) is 5.73 Å². The second-order valence-electron chi connectivity index (χ2n) is 5.72. The fraction of sp³-hybridized carbons (Fsp3) is 0.917. The third-order valence-electron chi connectivity index (χ3n) is 4.97. The summed E-state index contributed by atoms with van der Waals surface area (Å²) < 4.78 is 0. The zero-order valence-electron chi connectivity index (χ0n) is 10.1. The smallest absolute Gasteiger partial charge is 0.229 e. The number of aliphatic hydroxyl groups is 1. The summed E-state index contributed by atoms with van der Waals surface area (Å²) in [7, 11) is 0. The standard InChI is InChI=1S/C12H22N2O2/c1-11(2)8-3-4-12(11,9(15)7-8)10(16)14-6-5-13/h8-9,15H,3-7,13H2,1-2H3,(H,14,16). The van der Waals surface area contributed by atoms with Gasteiger partial charge in [-0.3, -0.25) is 4.79 Å². The van der Waals surface area contributed by atoms with Crippen LogP contribution >= 0.6 is 0 Å². The molecule has 0 aromatic carbocycles. The molecule has 2 rings (SSSR count). The van der Waals surface area contributed by atoms with E-state index in [-0.39, 0.29) is 11.3 Å². The van der Waals surface area contributed by atoms with Crippen LogP contribution in [-0.2, 0) is 4.79 Å². The molecule has 4 nitrogen and oxygen atoms in total. The average molecular weight is 226 g/mol. The molecule has 0 aromatic rings. The monoisotopic (exact) mass is 226 g/mol. The van der Waals surface area contributed by atoms with Crippen molar-refractivity contribution in [1.29, 1.82) is 0 Å². The molecule has 3 atom stereocenters. The number of carbonyl (C=O) groups is 1. The Hall–Kier alpha value is -0.610. The highest BCUT2D eigenvalue weighted by Crippen LogP contribution is 2.65. The molecule has 0 aromatic heterocycles. The Morgan fingerprint density at radius 1 is 1.56 bits per heavy atom. The van der Waals surface area contributed by atoms with Gasteiger partial charge in [0.15, 0.2) is 0 Å². The number of aliphatic hydroxyl groups excluding tert-OH is 1. The molecule has 4 N–H and O–H groups in total. The van der Waals surface area contributed by atoms with E-state index in [9.17, 15) is 9.90 Å². The maximum absolute atomic E-state index is 12.3. The maximum atomic E-state index is 12.3. The Balaban J connectivity index is 2.24. The average Bonchev–Trinajstić information content (AvgIpc) is 2.59. The molecule has 2 aliphatic rings. The number of hydrogen-bond acceptors (Lipinski definition) is 3. The number of nitrogens with two attached hydrogens (primary N) is 1. The van der Waals surface area contributed by atoms with E-state index in [2.05, 4.69) is 19.2 Å². The van der Waals surface area contributed by atoms with Crippen molar-refractivity contribution in [2.24, 2.45) is 22.5 Å². The second-order valence-corrected chi connectivity index (χ2v) is 5.72. The third kappa shape index (κ3) is 1.26. The molecule has 4 heteroatoms. The molecule has 1 amide bonds. The predicted octanol–water partition coefficient (Wildman–Crippen LogP) is 0.249. The zero-order valence-corrected chi connectivity index (χ0v) is 10.1. The molecule has 0 radical (unpaired) electrons. The lowest BCUT2D eigenvalue weighted by Crippen LogP contribution is -2.52. The summed E-state index contributed by atoms with van der Waals surface area (Å²) in [5.41, 5.74) is 4.73. The van der Waals surface area contributed by atoms with Gasteiger partial charge in [0.05, 0.1) is 11.5 Å². The summed E-state index contributed by atoms with van der Waals surface area (Å²) in [6.07, 6.45) is 2.14. The van der Waals surface area contributed by atoms with Crippen molar-refractivity contribution in [1.82, 2.24) is 5.32 Å². The van der Waals surface area contributed by atoms with Crippen LogP contribution in [0, 0.1) is 16.7 Å². The van der Waals surface area contributed by atoms with E-state index < -0.39 is 11.5 Å². The van der Waals surface area contributed by atoms with Crippen LogP contribution in [0.25, 0.3) is 0 Å². The lowest BCUT2D eigenvalue weighted by atomic mass is 9.67. The first-order valence-corrected chi connectivity index (χ1v) is 6.13. The van der Waals surface area contributed by atoms with Gasteiger partial charge in [0.2, 0.25) is 5.91 Å². The highest BCUT2D eigenvalue weighted by atomic mass is 16.3. The molecule has 3 unspecified atom stereocenters. The van der Waals surface area contributed by atoms with Gasteiger partial charge >= 0.3 is 0 Å². The van der Waals surface area contributed by atoms with Crippen molar-refractivity contribution in [3.8, 4) is 0 Å². The van der Waals surface area contributed by atoms with E-state index in [0.29, 0.717) is 19.0 Å². The van der Waals surface area contributed by atoms with Gasteiger partial charge < -0.3 is 16.2 Å². The summed E-state index contributed by atoms with van der Waals surface area (Å²) in [6.45, 7) is 5.17. The molecule has 2 aliphatic carbocycles. The van der Waals surface area contributed by atoms with Crippen molar-refractivity contribution in [3.05, 3.63) is 0 Å². The van der Waals surface area contributed by atoms with Gasteiger partial charge in [-0.25, -0.2) is 0 Å². The number of nitrogens with one attached hydrogen (secondary N) is 1. The van der Waals surface area contributed by atoms with E-state index in [0.717, 1.165) is 19.3 Å². The Morgan fingerprint density at radius 3 is 2.69 bits per heavy atom. The summed E-state index contributed by atoms with van der Waals surface area (Å²) in [5, 5.41) is 13.0. The number of hydrogen-bond donors (Lipinski definition) is 3. The van der Waals surface area contributed by atoms with Crippen LogP contribution in [0.5, 0.6) is 0 Å². The largest absolute Gasteiger partial charge is 0.392 e. The first kappa shape index (κ1) is 11.9. The van der Waals surface area contributed by atoms with Crippen LogP contribution in [0.3, 0.4) is 0 Å². The molecule has 2 saturated carbocycles. The number of carbonyl (C=O) groups excluding carboxylic acids is 1. The number of amides is 1. The molecule has 92 valence electrons. The van der Waals surface area contributed by atoms with Crippen LogP contribution < -0.4 is 11.1 Å². The van der Waals surface area contributed by atoms with E-state index in [1.807, 2.05) is 0 Å². The van der Waals surface area contributed by atoms with E-state index in [1.54, 1.807) is 0 Å². The first-order valence-electron chi connectivity index (χ1n) is 6.13.